The summed E-state index contributed by atoms with van der Waals surface area (Å²) >= 11 is 0. The Morgan fingerprint density at radius 1 is 1.64 bits per heavy atom. The van der Waals surface area contributed by atoms with E-state index >= 15 is 0 Å². The molecule has 66 valence electrons. The van der Waals surface area contributed by atoms with Crippen LogP contribution in [0, 0.1) is 11.8 Å². The first-order chi connectivity index (χ1) is 5.08. The van der Waals surface area contributed by atoms with Gasteiger partial charge < -0.3 is 5.11 Å². The molecule has 0 aromatic carbocycles. The molecule has 3 unspecified atom stereocenters. The van der Waals surface area contributed by atoms with Crippen LogP contribution in [-0.4, -0.2) is 10.7 Å². The fourth-order valence-corrected chi connectivity index (χ4v) is 2.13. The first-order valence-electron chi connectivity index (χ1n) is 4.81. The van der Waals surface area contributed by atoms with Crippen LogP contribution in [0.5, 0.6) is 0 Å². The van der Waals surface area contributed by atoms with E-state index in [2.05, 4.69) is 20.8 Å². The van der Waals surface area contributed by atoms with Gasteiger partial charge in [-0.15, -0.1) is 0 Å². The Morgan fingerprint density at radius 2 is 2.27 bits per heavy atom. The lowest BCUT2D eigenvalue weighted by atomic mass is 9.85. The lowest BCUT2D eigenvalue weighted by Crippen LogP contribution is -2.32. The predicted molar refractivity (Wildman–Crippen MR) is 47.4 cm³/mol. The maximum absolute atomic E-state index is 10.1. The van der Waals surface area contributed by atoms with E-state index in [1.165, 1.54) is 6.42 Å². The van der Waals surface area contributed by atoms with Crippen LogP contribution in [0.15, 0.2) is 0 Å². The first kappa shape index (κ1) is 9.05. The average molecular weight is 156 g/mol. The summed E-state index contributed by atoms with van der Waals surface area (Å²) in [6.07, 6.45) is 4.34. The maximum atomic E-state index is 10.1. The van der Waals surface area contributed by atoms with Crippen molar-refractivity contribution in [3.05, 3.63) is 0 Å². The Morgan fingerprint density at radius 3 is 2.64 bits per heavy atom. The Hall–Kier alpha value is -0.0400. The molecule has 0 heterocycles. The van der Waals surface area contributed by atoms with Gasteiger partial charge in [-0.05, 0) is 31.1 Å². The molecule has 0 saturated heterocycles. The van der Waals surface area contributed by atoms with E-state index < -0.39 is 0 Å². The van der Waals surface area contributed by atoms with E-state index in [0.29, 0.717) is 5.92 Å². The molecule has 0 aromatic heterocycles. The van der Waals surface area contributed by atoms with Crippen molar-refractivity contribution in [1.29, 1.82) is 0 Å². The van der Waals surface area contributed by atoms with Crippen LogP contribution < -0.4 is 0 Å². The molecule has 11 heavy (non-hydrogen) atoms. The molecule has 0 bridgehead atoms. The van der Waals surface area contributed by atoms with E-state index in [9.17, 15) is 5.11 Å². The SMILES string of the molecule is CCC(C)C1(O)CCC(C)C1. The lowest BCUT2D eigenvalue weighted by molar-refractivity contribution is -0.00952. The molecule has 0 spiro atoms. The Labute approximate surface area is 69.8 Å². The highest BCUT2D eigenvalue weighted by atomic mass is 16.3. The van der Waals surface area contributed by atoms with Gasteiger partial charge in [0.15, 0.2) is 0 Å². The molecule has 3 atom stereocenters. The van der Waals surface area contributed by atoms with Crippen LogP contribution in [0.2, 0.25) is 0 Å². The van der Waals surface area contributed by atoms with Gasteiger partial charge in [0.25, 0.3) is 0 Å². The molecule has 0 aliphatic heterocycles. The summed E-state index contributed by atoms with van der Waals surface area (Å²) in [6.45, 7) is 6.56. The molecule has 1 aliphatic carbocycles. The molecule has 1 heteroatoms. The highest BCUT2D eigenvalue weighted by Crippen LogP contribution is 2.40. The van der Waals surface area contributed by atoms with E-state index in [-0.39, 0.29) is 5.60 Å². The fraction of sp³-hybridized carbons (Fsp3) is 1.00. The van der Waals surface area contributed by atoms with Gasteiger partial charge in [-0.25, -0.2) is 0 Å². The largest absolute Gasteiger partial charge is 0.390 e. The molecule has 1 saturated carbocycles. The zero-order valence-electron chi connectivity index (χ0n) is 7.93. The summed E-state index contributed by atoms with van der Waals surface area (Å²) in [7, 11) is 0. The topological polar surface area (TPSA) is 20.2 Å². The molecule has 1 rings (SSSR count). The summed E-state index contributed by atoms with van der Waals surface area (Å²) in [5.74, 6) is 1.21. The summed E-state index contributed by atoms with van der Waals surface area (Å²) in [5.41, 5.74) is -0.325. The number of hydrogen-bond donors (Lipinski definition) is 1. The van der Waals surface area contributed by atoms with Crippen LogP contribution in [0.3, 0.4) is 0 Å². The van der Waals surface area contributed by atoms with Crippen molar-refractivity contribution in [2.24, 2.45) is 11.8 Å². The Balaban J connectivity index is 2.54. The van der Waals surface area contributed by atoms with E-state index in [0.717, 1.165) is 25.2 Å². The minimum absolute atomic E-state index is 0.325. The molecular formula is C10H20O. The average Bonchev–Trinajstić information content (AvgIpc) is 2.31. The number of rotatable bonds is 2. The van der Waals surface area contributed by atoms with Gasteiger partial charge in [-0.3, -0.25) is 0 Å². The van der Waals surface area contributed by atoms with Crippen LogP contribution in [0.4, 0.5) is 0 Å². The van der Waals surface area contributed by atoms with Crippen molar-refractivity contribution in [3.8, 4) is 0 Å². The van der Waals surface area contributed by atoms with Crippen LogP contribution in [0.25, 0.3) is 0 Å². The first-order valence-corrected chi connectivity index (χ1v) is 4.81. The third-order valence-corrected chi connectivity index (χ3v) is 3.30. The second-order valence-electron chi connectivity index (χ2n) is 4.26. The minimum Gasteiger partial charge on any atom is -0.390 e. The molecule has 0 aromatic rings. The van der Waals surface area contributed by atoms with Crippen LogP contribution in [0.1, 0.15) is 46.5 Å². The smallest absolute Gasteiger partial charge is 0.0675 e. The standard InChI is InChI=1S/C10H20O/c1-4-9(3)10(11)6-5-8(2)7-10/h8-9,11H,4-7H2,1-3H3. The van der Waals surface area contributed by atoms with Gasteiger partial charge in [-0.2, -0.15) is 0 Å². The van der Waals surface area contributed by atoms with Gasteiger partial charge >= 0.3 is 0 Å². The second kappa shape index (κ2) is 3.14. The number of hydrogen-bond acceptors (Lipinski definition) is 1. The fourth-order valence-electron chi connectivity index (χ4n) is 2.13. The van der Waals surface area contributed by atoms with Crippen molar-refractivity contribution in [2.45, 2.75) is 52.1 Å². The zero-order valence-corrected chi connectivity index (χ0v) is 7.93. The third kappa shape index (κ3) is 1.76. The third-order valence-electron chi connectivity index (χ3n) is 3.30. The van der Waals surface area contributed by atoms with Crippen molar-refractivity contribution in [2.75, 3.05) is 0 Å². The summed E-state index contributed by atoms with van der Waals surface area (Å²) < 4.78 is 0. The van der Waals surface area contributed by atoms with Crippen LogP contribution >= 0.6 is 0 Å². The predicted octanol–water partition coefficient (Wildman–Crippen LogP) is 2.58. The van der Waals surface area contributed by atoms with Crippen molar-refractivity contribution < 1.29 is 5.11 Å². The zero-order chi connectivity index (χ0) is 8.48. The van der Waals surface area contributed by atoms with Gasteiger partial charge in [0.05, 0.1) is 5.60 Å². The Bertz CT molecular complexity index is 133. The molecule has 1 N–H and O–H groups in total. The highest BCUT2D eigenvalue weighted by molar-refractivity contribution is 4.90. The van der Waals surface area contributed by atoms with E-state index in [1.54, 1.807) is 0 Å². The quantitative estimate of drug-likeness (QED) is 0.651. The molecule has 0 radical (unpaired) electrons. The van der Waals surface area contributed by atoms with Gasteiger partial charge in [-0.1, -0.05) is 27.2 Å². The minimum atomic E-state index is -0.325. The van der Waals surface area contributed by atoms with Crippen molar-refractivity contribution >= 4 is 0 Å². The van der Waals surface area contributed by atoms with Gasteiger partial charge in [0.2, 0.25) is 0 Å². The molecule has 1 fully saturated rings. The molecule has 0 amide bonds. The molecule has 1 aliphatic rings. The lowest BCUT2D eigenvalue weighted by Gasteiger charge is -2.29. The van der Waals surface area contributed by atoms with E-state index in [1.807, 2.05) is 0 Å². The van der Waals surface area contributed by atoms with E-state index in [4.69, 9.17) is 0 Å². The van der Waals surface area contributed by atoms with Crippen molar-refractivity contribution in [3.63, 3.8) is 0 Å². The monoisotopic (exact) mass is 156 g/mol. The summed E-state index contributed by atoms with van der Waals surface area (Å²) in [6, 6.07) is 0. The van der Waals surface area contributed by atoms with Crippen molar-refractivity contribution in [1.82, 2.24) is 0 Å². The highest BCUT2D eigenvalue weighted by Gasteiger charge is 2.38. The summed E-state index contributed by atoms with van der Waals surface area (Å²) in [5, 5.41) is 10.1. The maximum Gasteiger partial charge on any atom is 0.0675 e. The molecular weight excluding hydrogens is 136 g/mol. The normalized spacial score (nSPS) is 40.9. The molecule has 1 nitrogen and oxygen atoms in total. The summed E-state index contributed by atoms with van der Waals surface area (Å²) in [4.78, 5) is 0. The number of aliphatic hydroxyl groups is 1. The Kier molecular flexibility index (Phi) is 2.58. The van der Waals surface area contributed by atoms with Gasteiger partial charge in [0.1, 0.15) is 0 Å². The second-order valence-corrected chi connectivity index (χ2v) is 4.26. The van der Waals surface area contributed by atoms with Gasteiger partial charge in [0, 0.05) is 0 Å². The van der Waals surface area contributed by atoms with Crippen LogP contribution in [-0.2, 0) is 0 Å².